The number of rotatable bonds is 9. The number of carbonyl (C=O) groups excluding carboxylic acids is 1. The van der Waals surface area contributed by atoms with Crippen molar-refractivity contribution in [3.8, 4) is 5.75 Å². The lowest BCUT2D eigenvalue weighted by atomic mass is 10.1. The number of carbonyl (C=O) groups is 1. The fourth-order valence-corrected chi connectivity index (χ4v) is 3.08. The van der Waals surface area contributed by atoms with Crippen LogP contribution in [-0.4, -0.2) is 23.8 Å². The molecule has 0 unspecified atom stereocenters. The van der Waals surface area contributed by atoms with Crippen molar-refractivity contribution in [1.82, 2.24) is 4.98 Å². The summed E-state index contributed by atoms with van der Waals surface area (Å²) < 4.78 is 23.5. The van der Waals surface area contributed by atoms with Gasteiger partial charge in [-0.25, -0.2) is 9.37 Å². The van der Waals surface area contributed by atoms with E-state index in [0.717, 1.165) is 11.1 Å². The molecule has 3 aromatic rings. The van der Waals surface area contributed by atoms with Crippen LogP contribution in [0.1, 0.15) is 23.7 Å². The van der Waals surface area contributed by atoms with Crippen molar-refractivity contribution in [2.24, 2.45) is 5.10 Å². The van der Waals surface area contributed by atoms with E-state index in [0.29, 0.717) is 29.8 Å². The number of nitrogens with one attached hydrogen (secondary N) is 1. The maximum Gasteiger partial charge on any atom is 0.311 e. The van der Waals surface area contributed by atoms with Gasteiger partial charge in [-0.1, -0.05) is 18.2 Å². The summed E-state index contributed by atoms with van der Waals surface area (Å²) in [6.07, 6.45) is 1.82. The molecule has 0 radical (unpaired) electrons. The van der Waals surface area contributed by atoms with Gasteiger partial charge in [0.05, 0.1) is 24.9 Å². The van der Waals surface area contributed by atoms with Crippen LogP contribution >= 0.6 is 11.3 Å². The lowest BCUT2D eigenvalue weighted by Gasteiger charge is -2.06. The van der Waals surface area contributed by atoms with Gasteiger partial charge >= 0.3 is 5.97 Å². The molecule has 3 rings (SSSR count). The molecule has 1 aromatic heterocycles. The first-order valence-electron chi connectivity index (χ1n) is 8.99. The number of hydrogen-bond acceptors (Lipinski definition) is 7. The Balaban J connectivity index is 1.52. The van der Waals surface area contributed by atoms with Crippen LogP contribution < -0.4 is 10.2 Å². The van der Waals surface area contributed by atoms with Crippen LogP contribution in [0.2, 0.25) is 0 Å². The van der Waals surface area contributed by atoms with Gasteiger partial charge in [0.2, 0.25) is 5.13 Å². The van der Waals surface area contributed by atoms with Crippen molar-refractivity contribution in [3.05, 3.63) is 76.5 Å². The molecule has 0 bridgehead atoms. The molecule has 0 atom stereocenters. The zero-order valence-corrected chi connectivity index (χ0v) is 16.6. The zero-order chi connectivity index (χ0) is 20.5. The number of nitrogens with zero attached hydrogens (tertiary/aromatic N) is 2. The van der Waals surface area contributed by atoms with Crippen molar-refractivity contribution in [1.29, 1.82) is 0 Å². The molecule has 29 heavy (non-hydrogen) atoms. The molecule has 8 heteroatoms. The molecule has 0 amide bonds. The highest BCUT2D eigenvalue weighted by molar-refractivity contribution is 7.13. The Morgan fingerprint density at radius 2 is 2.10 bits per heavy atom. The molecule has 0 aliphatic rings. The van der Waals surface area contributed by atoms with E-state index in [9.17, 15) is 9.18 Å². The molecular formula is C21H20FN3O3S. The summed E-state index contributed by atoms with van der Waals surface area (Å²) in [6, 6.07) is 13.6. The molecule has 0 aliphatic heterocycles. The van der Waals surface area contributed by atoms with E-state index in [1.165, 1.54) is 23.5 Å². The fourth-order valence-electron chi connectivity index (χ4n) is 2.42. The van der Waals surface area contributed by atoms with Crippen LogP contribution in [0, 0.1) is 5.82 Å². The van der Waals surface area contributed by atoms with Gasteiger partial charge in [0.15, 0.2) is 0 Å². The first-order chi connectivity index (χ1) is 14.1. The largest absolute Gasteiger partial charge is 0.489 e. The first kappa shape index (κ1) is 20.5. The second kappa shape index (κ2) is 10.3. The van der Waals surface area contributed by atoms with Gasteiger partial charge in [-0.05, 0) is 48.4 Å². The monoisotopic (exact) mass is 413 g/mol. The van der Waals surface area contributed by atoms with Crippen molar-refractivity contribution in [2.45, 2.75) is 20.0 Å². The van der Waals surface area contributed by atoms with Crippen molar-refractivity contribution in [3.63, 3.8) is 0 Å². The molecule has 6 nitrogen and oxygen atoms in total. The number of hydrogen-bond donors (Lipinski definition) is 1. The highest BCUT2D eigenvalue weighted by Crippen LogP contribution is 2.16. The van der Waals surface area contributed by atoms with Gasteiger partial charge in [0.25, 0.3) is 0 Å². The summed E-state index contributed by atoms with van der Waals surface area (Å²) in [5.74, 6) is 0.0124. The second-order valence-corrected chi connectivity index (χ2v) is 6.84. The maximum atomic E-state index is 12.9. The van der Waals surface area contributed by atoms with Crippen LogP contribution in [0.15, 0.2) is 59.0 Å². The molecule has 2 aromatic carbocycles. The average Bonchev–Trinajstić information content (AvgIpc) is 3.15. The van der Waals surface area contributed by atoms with Gasteiger partial charge in [-0.2, -0.15) is 5.10 Å². The topological polar surface area (TPSA) is 72.8 Å². The van der Waals surface area contributed by atoms with E-state index in [1.807, 2.05) is 24.3 Å². The van der Waals surface area contributed by atoms with E-state index < -0.39 is 0 Å². The summed E-state index contributed by atoms with van der Waals surface area (Å²) >= 11 is 1.36. The van der Waals surface area contributed by atoms with Gasteiger partial charge in [-0.3, -0.25) is 10.2 Å². The van der Waals surface area contributed by atoms with Crippen LogP contribution in [0.5, 0.6) is 5.75 Å². The molecule has 0 saturated heterocycles. The van der Waals surface area contributed by atoms with E-state index >= 15 is 0 Å². The Morgan fingerprint density at radius 3 is 2.90 bits per heavy atom. The Labute approximate surface area is 172 Å². The zero-order valence-electron chi connectivity index (χ0n) is 15.8. The lowest BCUT2D eigenvalue weighted by molar-refractivity contribution is -0.142. The highest BCUT2D eigenvalue weighted by Gasteiger charge is 2.07. The van der Waals surface area contributed by atoms with Gasteiger partial charge in [0, 0.05) is 5.38 Å². The highest BCUT2D eigenvalue weighted by atomic mass is 32.1. The van der Waals surface area contributed by atoms with Gasteiger partial charge in [0.1, 0.15) is 18.2 Å². The first-order valence-corrected chi connectivity index (χ1v) is 9.87. The predicted molar refractivity (Wildman–Crippen MR) is 111 cm³/mol. The van der Waals surface area contributed by atoms with E-state index in [-0.39, 0.29) is 18.2 Å². The summed E-state index contributed by atoms with van der Waals surface area (Å²) in [7, 11) is 0. The normalized spacial score (nSPS) is 10.8. The molecule has 0 saturated carbocycles. The van der Waals surface area contributed by atoms with Crippen LogP contribution in [0.3, 0.4) is 0 Å². The third kappa shape index (κ3) is 6.69. The molecular weight excluding hydrogens is 393 g/mol. The number of aromatic nitrogens is 1. The van der Waals surface area contributed by atoms with Crippen LogP contribution in [-0.2, 0) is 22.6 Å². The quantitative estimate of drug-likeness (QED) is 0.320. The smallest absolute Gasteiger partial charge is 0.311 e. The van der Waals surface area contributed by atoms with Gasteiger partial charge in [-0.15, -0.1) is 11.3 Å². The minimum Gasteiger partial charge on any atom is -0.489 e. The summed E-state index contributed by atoms with van der Waals surface area (Å²) in [4.78, 5) is 15.8. The lowest BCUT2D eigenvalue weighted by Crippen LogP contribution is -2.07. The van der Waals surface area contributed by atoms with Crippen molar-refractivity contribution >= 4 is 28.7 Å². The third-order valence-corrected chi connectivity index (χ3v) is 4.52. The van der Waals surface area contributed by atoms with Crippen LogP contribution in [0.4, 0.5) is 9.52 Å². The molecule has 1 heterocycles. The number of anilines is 1. The molecule has 150 valence electrons. The summed E-state index contributed by atoms with van der Waals surface area (Å²) in [6.45, 7) is 2.49. The van der Waals surface area contributed by atoms with Crippen molar-refractivity contribution < 1.29 is 18.7 Å². The molecule has 0 fully saturated rings. The minimum atomic E-state index is -0.299. The molecule has 1 N–H and O–H groups in total. The Bertz CT molecular complexity index is 973. The Kier molecular flexibility index (Phi) is 7.29. The standard InChI is InChI=1S/C21H20FN3O3S/c1-2-27-20(26)11-18-14-29-21(24-18)25-23-12-15-4-3-5-16(10-15)13-28-19-8-6-17(22)7-9-19/h3-10,12,14H,2,11,13H2,1H3,(H,24,25). The predicted octanol–water partition coefficient (Wildman–Crippen LogP) is 4.41. The number of benzene rings is 2. The van der Waals surface area contributed by atoms with E-state index in [1.54, 1.807) is 30.7 Å². The Morgan fingerprint density at radius 1 is 1.28 bits per heavy atom. The average molecular weight is 413 g/mol. The number of hydrazone groups is 1. The molecule has 0 spiro atoms. The Hall–Kier alpha value is -3.26. The second-order valence-electron chi connectivity index (χ2n) is 5.98. The van der Waals surface area contributed by atoms with Gasteiger partial charge < -0.3 is 9.47 Å². The number of esters is 1. The van der Waals surface area contributed by atoms with Crippen LogP contribution in [0.25, 0.3) is 0 Å². The van der Waals surface area contributed by atoms with E-state index in [2.05, 4.69) is 15.5 Å². The minimum absolute atomic E-state index is 0.145. The number of thiazole rings is 1. The third-order valence-electron chi connectivity index (χ3n) is 3.73. The fraction of sp³-hybridized carbons (Fsp3) is 0.190. The van der Waals surface area contributed by atoms with E-state index in [4.69, 9.17) is 9.47 Å². The van der Waals surface area contributed by atoms with Crippen molar-refractivity contribution in [2.75, 3.05) is 12.0 Å². The molecule has 0 aliphatic carbocycles. The SMILES string of the molecule is CCOC(=O)Cc1csc(NN=Cc2cccc(COc3ccc(F)cc3)c2)n1. The number of halogens is 1. The summed E-state index contributed by atoms with van der Waals surface area (Å²) in [5, 5.41) is 6.57. The maximum absolute atomic E-state index is 12.9. The summed E-state index contributed by atoms with van der Waals surface area (Å²) in [5.41, 5.74) is 5.36. The number of ether oxygens (including phenoxy) is 2.